The topological polar surface area (TPSA) is 58.1 Å². The zero-order chi connectivity index (χ0) is 14.8. The van der Waals surface area contributed by atoms with Crippen molar-refractivity contribution in [2.45, 2.75) is 46.5 Å². The molecule has 0 saturated heterocycles. The number of rotatable bonds is 9. The Labute approximate surface area is 121 Å². The fourth-order valence-corrected chi connectivity index (χ4v) is 1.91. The highest BCUT2D eigenvalue weighted by molar-refractivity contribution is 5.92. The number of hydrogen-bond acceptors (Lipinski definition) is 4. The summed E-state index contributed by atoms with van der Waals surface area (Å²) in [6.07, 6.45) is 7.40. The van der Waals surface area contributed by atoms with E-state index in [1.54, 1.807) is 12.4 Å². The van der Waals surface area contributed by atoms with Crippen molar-refractivity contribution in [3.8, 4) is 0 Å². The Kier molecular flexibility index (Phi) is 7.62. The molecule has 0 aromatic carbocycles. The number of carbonyl (C=O) groups is 1. The minimum absolute atomic E-state index is 0.0147. The Morgan fingerprint density at radius 1 is 1.15 bits per heavy atom. The standard InChI is InChI=1S/C15H26N4O/c1-4-7-9-19(10-8-5-2)15(20)13-11-16-12-14(18-13)17-6-3/h11-12H,4-10H2,1-3H3,(H,17,18). The molecule has 20 heavy (non-hydrogen) atoms. The van der Waals surface area contributed by atoms with Crippen LogP contribution in [0.5, 0.6) is 0 Å². The van der Waals surface area contributed by atoms with E-state index in [9.17, 15) is 4.79 Å². The first-order valence-electron chi connectivity index (χ1n) is 7.58. The van der Waals surface area contributed by atoms with Crippen molar-refractivity contribution in [3.05, 3.63) is 18.1 Å². The quantitative estimate of drug-likeness (QED) is 0.754. The fourth-order valence-electron chi connectivity index (χ4n) is 1.91. The van der Waals surface area contributed by atoms with Crippen LogP contribution in [0.25, 0.3) is 0 Å². The highest BCUT2D eigenvalue weighted by Gasteiger charge is 2.16. The summed E-state index contributed by atoms with van der Waals surface area (Å²) in [5.74, 6) is 0.642. The molecular weight excluding hydrogens is 252 g/mol. The Morgan fingerprint density at radius 2 is 1.80 bits per heavy atom. The van der Waals surface area contributed by atoms with Gasteiger partial charge >= 0.3 is 0 Å². The zero-order valence-corrected chi connectivity index (χ0v) is 12.9. The molecule has 0 spiro atoms. The molecule has 1 rings (SSSR count). The lowest BCUT2D eigenvalue weighted by molar-refractivity contribution is 0.0745. The third-order valence-corrected chi connectivity index (χ3v) is 3.06. The summed E-state index contributed by atoms with van der Waals surface area (Å²) < 4.78 is 0. The highest BCUT2D eigenvalue weighted by Crippen LogP contribution is 2.08. The molecule has 1 heterocycles. The number of hydrogen-bond donors (Lipinski definition) is 1. The van der Waals surface area contributed by atoms with Crippen LogP contribution in [0.2, 0.25) is 0 Å². The Bertz CT molecular complexity index is 401. The third kappa shape index (κ3) is 5.15. The Hall–Kier alpha value is -1.65. The molecule has 5 heteroatoms. The molecule has 5 nitrogen and oxygen atoms in total. The average Bonchev–Trinajstić information content (AvgIpc) is 2.47. The number of nitrogens with zero attached hydrogens (tertiary/aromatic N) is 3. The zero-order valence-electron chi connectivity index (χ0n) is 12.9. The largest absolute Gasteiger partial charge is 0.369 e. The van der Waals surface area contributed by atoms with Crippen LogP contribution >= 0.6 is 0 Å². The van der Waals surface area contributed by atoms with E-state index in [1.807, 2.05) is 11.8 Å². The second-order valence-electron chi connectivity index (χ2n) is 4.82. The van der Waals surface area contributed by atoms with Crippen LogP contribution in [0.15, 0.2) is 12.4 Å². The van der Waals surface area contributed by atoms with Gasteiger partial charge in [-0.2, -0.15) is 0 Å². The first kappa shape index (κ1) is 16.4. The van der Waals surface area contributed by atoms with Gasteiger partial charge in [0.05, 0.1) is 12.4 Å². The summed E-state index contributed by atoms with van der Waals surface area (Å²) >= 11 is 0. The molecular formula is C15H26N4O. The maximum Gasteiger partial charge on any atom is 0.274 e. The molecule has 1 N–H and O–H groups in total. The molecule has 112 valence electrons. The molecule has 0 saturated carbocycles. The molecule has 0 aliphatic rings. The van der Waals surface area contributed by atoms with Crippen molar-refractivity contribution in [1.82, 2.24) is 14.9 Å². The minimum atomic E-state index is -0.0147. The van der Waals surface area contributed by atoms with E-state index in [4.69, 9.17) is 0 Å². The van der Waals surface area contributed by atoms with Gasteiger partial charge in [0.25, 0.3) is 5.91 Å². The number of carbonyl (C=O) groups excluding carboxylic acids is 1. The number of aromatic nitrogens is 2. The summed E-state index contributed by atoms with van der Waals surface area (Å²) in [5.41, 5.74) is 0.427. The molecule has 0 atom stereocenters. The molecule has 0 fully saturated rings. The van der Waals surface area contributed by atoms with E-state index in [0.717, 1.165) is 45.3 Å². The summed E-state index contributed by atoms with van der Waals surface area (Å²) in [7, 11) is 0. The van der Waals surface area contributed by atoms with Gasteiger partial charge in [-0.25, -0.2) is 4.98 Å². The molecule has 1 aromatic rings. The van der Waals surface area contributed by atoms with Crippen molar-refractivity contribution < 1.29 is 4.79 Å². The molecule has 0 bridgehead atoms. The molecule has 0 aliphatic carbocycles. The van der Waals surface area contributed by atoms with E-state index in [-0.39, 0.29) is 5.91 Å². The van der Waals surface area contributed by atoms with Crippen LogP contribution in [0, 0.1) is 0 Å². The van der Waals surface area contributed by atoms with Crippen molar-refractivity contribution in [2.75, 3.05) is 25.0 Å². The lowest BCUT2D eigenvalue weighted by atomic mass is 10.2. The number of amides is 1. The van der Waals surface area contributed by atoms with Crippen LogP contribution in [0.3, 0.4) is 0 Å². The maximum atomic E-state index is 12.5. The van der Waals surface area contributed by atoms with Crippen LogP contribution in [-0.4, -0.2) is 40.4 Å². The van der Waals surface area contributed by atoms with Crippen LogP contribution in [0.1, 0.15) is 56.9 Å². The lowest BCUT2D eigenvalue weighted by Gasteiger charge is -2.22. The van der Waals surface area contributed by atoms with E-state index in [2.05, 4.69) is 29.1 Å². The smallest absolute Gasteiger partial charge is 0.274 e. The van der Waals surface area contributed by atoms with E-state index in [1.165, 1.54) is 0 Å². The first-order valence-corrected chi connectivity index (χ1v) is 7.58. The fraction of sp³-hybridized carbons (Fsp3) is 0.667. The van der Waals surface area contributed by atoms with Crippen molar-refractivity contribution >= 4 is 11.7 Å². The summed E-state index contributed by atoms with van der Waals surface area (Å²) in [6.45, 7) is 8.61. The van der Waals surface area contributed by atoms with Crippen molar-refractivity contribution in [2.24, 2.45) is 0 Å². The normalized spacial score (nSPS) is 10.3. The SMILES string of the molecule is CCCCN(CCCC)C(=O)c1cncc(NCC)n1. The summed E-state index contributed by atoms with van der Waals surface area (Å²) in [4.78, 5) is 22.8. The molecule has 0 aliphatic heterocycles. The summed E-state index contributed by atoms with van der Waals surface area (Å²) in [6, 6.07) is 0. The third-order valence-electron chi connectivity index (χ3n) is 3.06. The number of anilines is 1. The predicted molar refractivity (Wildman–Crippen MR) is 81.9 cm³/mol. The van der Waals surface area contributed by atoms with E-state index in [0.29, 0.717) is 11.5 Å². The molecule has 1 aromatic heterocycles. The van der Waals surface area contributed by atoms with Crippen LogP contribution in [0.4, 0.5) is 5.82 Å². The number of nitrogens with one attached hydrogen (secondary N) is 1. The van der Waals surface area contributed by atoms with E-state index < -0.39 is 0 Å². The highest BCUT2D eigenvalue weighted by atomic mass is 16.2. The molecule has 0 unspecified atom stereocenters. The van der Waals surface area contributed by atoms with Gasteiger partial charge in [0, 0.05) is 19.6 Å². The van der Waals surface area contributed by atoms with Crippen LogP contribution < -0.4 is 5.32 Å². The van der Waals surface area contributed by atoms with Gasteiger partial charge in [-0.3, -0.25) is 9.78 Å². The van der Waals surface area contributed by atoms with Gasteiger partial charge in [0.15, 0.2) is 0 Å². The van der Waals surface area contributed by atoms with Gasteiger partial charge in [0.2, 0.25) is 0 Å². The summed E-state index contributed by atoms with van der Waals surface area (Å²) in [5, 5.41) is 3.08. The van der Waals surface area contributed by atoms with E-state index >= 15 is 0 Å². The Morgan fingerprint density at radius 3 is 2.35 bits per heavy atom. The second-order valence-corrected chi connectivity index (χ2v) is 4.82. The van der Waals surface area contributed by atoms with Gasteiger partial charge in [-0.05, 0) is 19.8 Å². The van der Waals surface area contributed by atoms with Crippen molar-refractivity contribution in [1.29, 1.82) is 0 Å². The number of unbranched alkanes of at least 4 members (excludes halogenated alkanes) is 2. The maximum absolute atomic E-state index is 12.5. The van der Waals surface area contributed by atoms with Gasteiger partial charge in [-0.1, -0.05) is 26.7 Å². The first-order chi connectivity index (χ1) is 9.72. The monoisotopic (exact) mass is 278 g/mol. The second kappa shape index (κ2) is 9.28. The molecule has 1 amide bonds. The van der Waals surface area contributed by atoms with Gasteiger partial charge in [0.1, 0.15) is 11.5 Å². The molecule has 0 radical (unpaired) electrons. The Balaban J connectivity index is 2.78. The van der Waals surface area contributed by atoms with Gasteiger partial charge < -0.3 is 10.2 Å². The van der Waals surface area contributed by atoms with Crippen LogP contribution in [-0.2, 0) is 0 Å². The van der Waals surface area contributed by atoms with Crippen molar-refractivity contribution in [3.63, 3.8) is 0 Å². The predicted octanol–water partition coefficient (Wildman–Crippen LogP) is 2.95. The lowest BCUT2D eigenvalue weighted by Crippen LogP contribution is -2.33. The average molecular weight is 278 g/mol. The minimum Gasteiger partial charge on any atom is -0.369 e. The van der Waals surface area contributed by atoms with Gasteiger partial charge in [-0.15, -0.1) is 0 Å².